The standard InChI is InChI=1S/C17H24N6O2S/c1-5-22(6-2)15(24)11-21(4)16(25)12-26-17-18-19-20-23(17)14-9-7-13(3)8-10-14/h7-10H,5-6,11-12H2,1-4H3. The predicted octanol–water partition coefficient (Wildman–Crippen LogP) is 1.39. The molecule has 1 aromatic carbocycles. The molecule has 2 rings (SSSR count). The minimum atomic E-state index is -0.144. The van der Waals surface area contributed by atoms with Crippen molar-refractivity contribution in [3.8, 4) is 5.69 Å². The second-order valence-electron chi connectivity index (χ2n) is 5.81. The summed E-state index contributed by atoms with van der Waals surface area (Å²) in [5.41, 5.74) is 1.98. The largest absolute Gasteiger partial charge is 0.342 e. The van der Waals surface area contributed by atoms with Gasteiger partial charge in [0.2, 0.25) is 17.0 Å². The molecule has 1 aromatic heterocycles. The first kappa shape index (κ1) is 19.9. The molecule has 0 atom stereocenters. The number of carbonyl (C=O) groups excluding carboxylic acids is 2. The molecule has 0 bridgehead atoms. The number of thioether (sulfide) groups is 1. The Morgan fingerprint density at radius 3 is 2.38 bits per heavy atom. The third-order valence-corrected chi connectivity index (χ3v) is 4.86. The fraction of sp³-hybridized carbons (Fsp3) is 0.471. The first-order valence-electron chi connectivity index (χ1n) is 8.46. The van der Waals surface area contributed by atoms with Crippen LogP contribution in [0.2, 0.25) is 0 Å². The van der Waals surface area contributed by atoms with Crippen LogP contribution in [-0.2, 0) is 9.59 Å². The Morgan fingerprint density at radius 2 is 1.77 bits per heavy atom. The van der Waals surface area contributed by atoms with E-state index in [1.165, 1.54) is 16.7 Å². The summed E-state index contributed by atoms with van der Waals surface area (Å²) in [6, 6.07) is 7.80. The zero-order valence-electron chi connectivity index (χ0n) is 15.5. The maximum absolute atomic E-state index is 12.3. The van der Waals surface area contributed by atoms with Crippen LogP contribution in [0.25, 0.3) is 5.69 Å². The van der Waals surface area contributed by atoms with Gasteiger partial charge in [0, 0.05) is 20.1 Å². The highest BCUT2D eigenvalue weighted by molar-refractivity contribution is 7.99. The van der Waals surface area contributed by atoms with Crippen LogP contribution in [0.4, 0.5) is 0 Å². The van der Waals surface area contributed by atoms with Gasteiger partial charge in [-0.1, -0.05) is 29.5 Å². The summed E-state index contributed by atoms with van der Waals surface area (Å²) < 4.78 is 1.60. The molecule has 0 unspecified atom stereocenters. The molecule has 0 N–H and O–H groups in total. The molecule has 0 saturated heterocycles. The third-order valence-electron chi connectivity index (χ3n) is 3.96. The van der Waals surface area contributed by atoms with Gasteiger partial charge >= 0.3 is 0 Å². The van der Waals surface area contributed by atoms with Gasteiger partial charge in [0.05, 0.1) is 18.0 Å². The van der Waals surface area contributed by atoms with Gasteiger partial charge < -0.3 is 9.80 Å². The number of aryl methyl sites for hydroxylation is 1. The number of rotatable bonds is 8. The quantitative estimate of drug-likeness (QED) is 0.648. The number of hydrogen-bond acceptors (Lipinski definition) is 6. The van der Waals surface area contributed by atoms with Crippen molar-refractivity contribution in [3.63, 3.8) is 0 Å². The summed E-state index contributed by atoms with van der Waals surface area (Å²) in [7, 11) is 1.63. The highest BCUT2D eigenvalue weighted by Gasteiger charge is 2.18. The highest BCUT2D eigenvalue weighted by atomic mass is 32.2. The van der Waals surface area contributed by atoms with Crippen LogP contribution in [0.3, 0.4) is 0 Å². The third kappa shape index (κ3) is 5.04. The molecule has 8 nitrogen and oxygen atoms in total. The average Bonchev–Trinajstić information content (AvgIpc) is 3.09. The van der Waals surface area contributed by atoms with Crippen molar-refractivity contribution in [1.29, 1.82) is 0 Å². The Labute approximate surface area is 157 Å². The lowest BCUT2D eigenvalue weighted by molar-refractivity contribution is -0.137. The number of hydrogen-bond donors (Lipinski definition) is 0. The van der Waals surface area contributed by atoms with Gasteiger partial charge in [0.25, 0.3) is 0 Å². The summed E-state index contributed by atoms with van der Waals surface area (Å²) in [6.07, 6.45) is 0. The topological polar surface area (TPSA) is 84.2 Å². The predicted molar refractivity (Wildman–Crippen MR) is 100 cm³/mol. The number of likely N-dealkylation sites (N-methyl/N-ethyl adjacent to an activating group) is 2. The van der Waals surface area contributed by atoms with Crippen molar-refractivity contribution in [2.45, 2.75) is 25.9 Å². The van der Waals surface area contributed by atoms with Gasteiger partial charge in [-0.05, 0) is 43.3 Å². The van der Waals surface area contributed by atoms with E-state index >= 15 is 0 Å². The lowest BCUT2D eigenvalue weighted by Crippen LogP contribution is -2.41. The molecular weight excluding hydrogens is 352 g/mol. The minimum absolute atomic E-state index is 0.0552. The first-order valence-corrected chi connectivity index (χ1v) is 9.44. The van der Waals surface area contributed by atoms with Crippen molar-refractivity contribution in [2.75, 3.05) is 32.4 Å². The molecule has 26 heavy (non-hydrogen) atoms. The van der Waals surface area contributed by atoms with Crippen LogP contribution < -0.4 is 0 Å². The van der Waals surface area contributed by atoms with Crippen molar-refractivity contribution < 1.29 is 9.59 Å². The lowest BCUT2D eigenvalue weighted by atomic mass is 10.2. The van der Waals surface area contributed by atoms with Gasteiger partial charge in [-0.25, -0.2) is 0 Å². The smallest absolute Gasteiger partial charge is 0.242 e. The van der Waals surface area contributed by atoms with Gasteiger partial charge in [0.15, 0.2) is 0 Å². The number of amides is 2. The zero-order valence-corrected chi connectivity index (χ0v) is 16.4. The zero-order chi connectivity index (χ0) is 19.1. The summed E-state index contributed by atoms with van der Waals surface area (Å²) in [6.45, 7) is 7.19. The summed E-state index contributed by atoms with van der Waals surface area (Å²) in [4.78, 5) is 27.6. The van der Waals surface area contributed by atoms with E-state index in [9.17, 15) is 9.59 Å². The first-order chi connectivity index (χ1) is 12.5. The number of aromatic nitrogens is 4. The Morgan fingerprint density at radius 1 is 1.12 bits per heavy atom. The van der Waals surface area contributed by atoms with Crippen molar-refractivity contribution >= 4 is 23.6 Å². The highest BCUT2D eigenvalue weighted by Crippen LogP contribution is 2.18. The van der Waals surface area contributed by atoms with E-state index in [0.29, 0.717) is 18.2 Å². The Balaban J connectivity index is 1.95. The average molecular weight is 376 g/mol. The normalized spacial score (nSPS) is 10.6. The molecule has 0 fully saturated rings. The molecule has 9 heteroatoms. The van der Waals surface area contributed by atoms with E-state index in [1.807, 2.05) is 45.0 Å². The maximum Gasteiger partial charge on any atom is 0.242 e. The summed E-state index contributed by atoms with van der Waals surface area (Å²) >= 11 is 1.25. The van der Waals surface area contributed by atoms with E-state index in [1.54, 1.807) is 16.6 Å². The van der Waals surface area contributed by atoms with Gasteiger partial charge in [-0.3, -0.25) is 9.59 Å². The van der Waals surface area contributed by atoms with E-state index in [0.717, 1.165) is 11.3 Å². The van der Waals surface area contributed by atoms with Crippen LogP contribution in [0, 0.1) is 6.92 Å². The Bertz CT molecular complexity index is 742. The van der Waals surface area contributed by atoms with E-state index < -0.39 is 0 Å². The van der Waals surface area contributed by atoms with E-state index in [-0.39, 0.29) is 24.1 Å². The van der Waals surface area contributed by atoms with Crippen molar-refractivity contribution in [2.24, 2.45) is 0 Å². The van der Waals surface area contributed by atoms with Crippen molar-refractivity contribution in [1.82, 2.24) is 30.0 Å². The monoisotopic (exact) mass is 376 g/mol. The molecule has 0 aliphatic rings. The number of benzene rings is 1. The Hall–Kier alpha value is -2.42. The number of nitrogens with zero attached hydrogens (tertiary/aromatic N) is 6. The van der Waals surface area contributed by atoms with Crippen molar-refractivity contribution in [3.05, 3.63) is 29.8 Å². The molecule has 2 aromatic rings. The SMILES string of the molecule is CCN(CC)C(=O)CN(C)C(=O)CSc1nnnn1-c1ccc(C)cc1. The lowest BCUT2D eigenvalue weighted by Gasteiger charge is -2.23. The van der Waals surface area contributed by atoms with Crippen LogP contribution in [0.5, 0.6) is 0 Å². The fourth-order valence-corrected chi connectivity index (χ4v) is 3.15. The fourth-order valence-electron chi connectivity index (χ4n) is 2.32. The van der Waals surface area contributed by atoms with Crippen LogP contribution in [0.15, 0.2) is 29.4 Å². The van der Waals surface area contributed by atoms with Crippen LogP contribution in [0.1, 0.15) is 19.4 Å². The minimum Gasteiger partial charge on any atom is -0.342 e. The molecule has 0 aliphatic heterocycles. The molecule has 1 heterocycles. The van der Waals surface area contributed by atoms with Gasteiger partial charge in [-0.15, -0.1) is 5.10 Å². The summed E-state index contributed by atoms with van der Waals surface area (Å²) in [5.74, 6) is -0.0387. The molecule has 0 aliphatic carbocycles. The number of tetrazole rings is 1. The molecular formula is C17H24N6O2S. The van der Waals surface area contributed by atoms with E-state index in [4.69, 9.17) is 0 Å². The molecule has 0 spiro atoms. The molecule has 2 amide bonds. The molecule has 0 saturated carbocycles. The second kappa shape index (κ2) is 9.33. The van der Waals surface area contributed by atoms with Crippen LogP contribution >= 0.6 is 11.8 Å². The van der Waals surface area contributed by atoms with Gasteiger partial charge in [0.1, 0.15) is 0 Å². The van der Waals surface area contributed by atoms with E-state index in [2.05, 4.69) is 15.5 Å². The van der Waals surface area contributed by atoms with Crippen LogP contribution in [-0.4, -0.2) is 74.3 Å². The number of carbonyl (C=O) groups is 2. The van der Waals surface area contributed by atoms with Gasteiger partial charge in [-0.2, -0.15) is 4.68 Å². The molecule has 0 radical (unpaired) electrons. The second-order valence-corrected chi connectivity index (χ2v) is 6.76. The maximum atomic E-state index is 12.3. The summed E-state index contributed by atoms with van der Waals surface area (Å²) in [5, 5.41) is 12.2. The Kier molecular flexibility index (Phi) is 7.14. The molecule has 140 valence electrons.